The molecule has 0 unspecified atom stereocenters. The normalized spacial score (nSPS) is 10.5. The summed E-state index contributed by atoms with van der Waals surface area (Å²) in [6.07, 6.45) is 4.88. The van der Waals surface area contributed by atoms with E-state index < -0.39 is 0 Å². The number of hydrogen-bond donors (Lipinski definition) is 0. The van der Waals surface area contributed by atoms with E-state index in [-0.39, 0.29) is 0 Å². The van der Waals surface area contributed by atoms with Crippen LogP contribution in [0.1, 0.15) is 0 Å². The molecule has 10 heavy (non-hydrogen) atoms. The van der Waals surface area contributed by atoms with Crippen LogP contribution in [0.4, 0.5) is 0 Å². The van der Waals surface area contributed by atoms with Crippen molar-refractivity contribution in [3.05, 3.63) is 22.6 Å². The molecule has 2 aromatic rings. The Labute approximate surface area is 70.6 Å². The molecule has 0 N–H and O–H groups in total. The maximum atomic E-state index is 5.10. The van der Waals surface area contributed by atoms with Crippen LogP contribution in [0.5, 0.6) is 0 Å². The first-order chi connectivity index (χ1) is 4.88. The molecule has 2 aromatic heterocycles. The van der Waals surface area contributed by atoms with Crippen molar-refractivity contribution in [2.75, 3.05) is 0 Å². The average Bonchev–Trinajstić information content (AvgIpc) is 2.34. The van der Waals surface area contributed by atoms with Crippen LogP contribution in [0.25, 0.3) is 10.9 Å². The van der Waals surface area contributed by atoms with Crippen LogP contribution in [0.2, 0.25) is 0 Å². The zero-order valence-electron chi connectivity index (χ0n) is 4.91. The number of furan rings is 1. The highest BCUT2D eigenvalue weighted by molar-refractivity contribution is 14.1. The fourth-order valence-corrected chi connectivity index (χ4v) is 1.30. The lowest BCUT2D eigenvalue weighted by atomic mass is 10.4. The Kier molecular flexibility index (Phi) is 1.33. The first kappa shape index (κ1) is 6.09. The summed E-state index contributed by atoms with van der Waals surface area (Å²) in [6, 6.07) is 0. The van der Waals surface area contributed by atoms with Crippen molar-refractivity contribution in [3.8, 4) is 0 Å². The Morgan fingerprint density at radius 1 is 1.50 bits per heavy atom. The monoisotopic (exact) mass is 246 g/mol. The zero-order valence-corrected chi connectivity index (χ0v) is 7.07. The maximum absolute atomic E-state index is 5.10. The molecule has 0 saturated carbocycles. The first-order valence-corrected chi connectivity index (χ1v) is 3.78. The summed E-state index contributed by atoms with van der Waals surface area (Å²) in [7, 11) is 0. The van der Waals surface area contributed by atoms with Crippen molar-refractivity contribution in [2.24, 2.45) is 0 Å². The van der Waals surface area contributed by atoms with Gasteiger partial charge in [-0.05, 0) is 0 Å². The molecule has 0 aliphatic carbocycles. The third-order valence-corrected chi connectivity index (χ3v) is 2.06. The van der Waals surface area contributed by atoms with Crippen molar-refractivity contribution in [1.82, 2.24) is 9.97 Å². The Hall–Kier alpha value is -0.650. The SMILES string of the molecule is Ic1occ2ncncc12. The van der Waals surface area contributed by atoms with Crippen molar-refractivity contribution in [3.63, 3.8) is 0 Å². The van der Waals surface area contributed by atoms with E-state index in [1.165, 1.54) is 6.33 Å². The molecule has 0 aromatic carbocycles. The van der Waals surface area contributed by atoms with Gasteiger partial charge in [0.2, 0.25) is 0 Å². The van der Waals surface area contributed by atoms with E-state index in [2.05, 4.69) is 32.6 Å². The number of rotatable bonds is 0. The van der Waals surface area contributed by atoms with Crippen LogP contribution in [0, 0.1) is 3.77 Å². The van der Waals surface area contributed by atoms with E-state index in [9.17, 15) is 0 Å². The number of aromatic nitrogens is 2. The molecule has 0 fully saturated rings. The average molecular weight is 246 g/mol. The van der Waals surface area contributed by atoms with Crippen LogP contribution in [0.3, 0.4) is 0 Å². The van der Waals surface area contributed by atoms with Gasteiger partial charge in [0.25, 0.3) is 0 Å². The molecule has 4 heteroatoms. The molecule has 0 bridgehead atoms. The third-order valence-electron chi connectivity index (χ3n) is 1.23. The minimum absolute atomic E-state index is 0.841. The second-order valence-corrected chi connectivity index (χ2v) is 2.81. The Bertz CT molecular complexity index is 357. The van der Waals surface area contributed by atoms with Gasteiger partial charge in [0.15, 0.2) is 3.77 Å². The largest absolute Gasteiger partial charge is 0.456 e. The predicted octanol–water partition coefficient (Wildman–Crippen LogP) is 1.83. The summed E-state index contributed by atoms with van der Waals surface area (Å²) >= 11 is 2.11. The summed E-state index contributed by atoms with van der Waals surface area (Å²) in [4.78, 5) is 7.86. The van der Waals surface area contributed by atoms with Crippen molar-refractivity contribution in [1.29, 1.82) is 0 Å². The zero-order chi connectivity index (χ0) is 6.97. The Balaban J connectivity index is 2.93. The highest BCUT2D eigenvalue weighted by Gasteiger charge is 2.01. The highest BCUT2D eigenvalue weighted by Crippen LogP contribution is 2.18. The van der Waals surface area contributed by atoms with Gasteiger partial charge in [0.1, 0.15) is 18.1 Å². The molecular weight excluding hydrogens is 243 g/mol. The van der Waals surface area contributed by atoms with Crippen molar-refractivity contribution in [2.45, 2.75) is 0 Å². The van der Waals surface area contributed by atoms with E-state index >= 15 is 0 Å². The van der Waals surface area contributed by atoms with E-state index in [4.69, 9.17) is 4.42 Å². The lowest BCUT2D eigenvalue weighted by Gasteiger charge is -1.82. The second kappa shape index (κ2) is 2.19. The van der Waals surface area contributed by atoms with E-state index in [1.54, 1.807) is 12.5 Å². The summed E-state index contributed by atoms with van der Waals surface area (Å²) < 4.78 is 5.94. The summed E-state index contributed by atoms with van der Waals surface area (Å²) in [5.41, 5.74) is 0.861. The maximum Gasteiger partial charge on any atom is 0.174 e. The summed E-state index contributed by atoms with van der Waals surface area (Å²) in [5.74, 6) is 0. The van der Waals surface area contributed by atoms with Crippen molar-refractivity contribution >= 4 is 33.5 Å². The molecule has 2 rings (SSSR count). The Morgan fingerprint density at radius 2 is 2.40 bits per heavy atom. The second-order valence-electron chi connectivity index (χ2n) is 1.83. The van der Waals surface area contributed by atoms with Gasteiger partial charge >= 0.3 is 0 Å². The van der Waals surface area contributed by atoms with Gasteiger partial charge in [-0.15, -0.1) is 0 Å². The van der Waals surface area contributed by atoms with Gasteiger partial charge < -0.3 is 4.42 Å². The van der Waals surface area contributed by atoms with Crippen LogP contribution in [-0.4, -0.2) is 9.97 Å². The molecule has 50 valence electrons. The topological polar surface area (TPSA) is 38.9 Å². The fourth-order valence-electron chi connectivity index (χ4n) is 0.755. The minimum atomic E-state index is 0.841. The molecule has 0 aliphatic heterocycles. The minimum Gasteiger partial charge on any atom is -0.456 e. The fraction of sp³-hybridized carbons (Fsp3) is 0. The van der Waals surface area contributed by atoms with Gasteiger partial charge in [-0.3, -0.25) is 0 Å². The highest BCUT2D eigenvalue weighted by atomic mass is 127. The molecule has 0 atom stereocenters. The molecular formula is C6H3IN2O. The van der Waals surface area contributed by atoms with Gasteiger partial charge in [0, 0.05) is 28.8 Å². The van der Waals surface area contributed by atoms with E-state index in [1.807, 2.05) is 0 Å². The smallest absolute Gasteiger partial charge is 0.174 e. The molecule has 3 nitrogen and oxygen atoms in total. The molecule has 0 spiro atoms. The standard InChI is InChI=1S/C6H3IN2O/c7-6-4-1-8-3-9-5(4)2-10-6/h1-3H. The summed E-state index contributed by atoms with van der Waals surface area (Å²) in [5, 5.41) is 0.975. The van der Waals surface area contributed by atoms with E-state index in [0.717, 1.165) is 14.7 Å². The summed E-state index contributed by atoms with van der Waals surface area (Å²) in [6.45, 7) is 0. The molecule has 0 radical (unpaired) electrons. The quantitative estimate of drug-likeness (QED) is 0.665. The Morgan fingerprint density at radius 3 is 3.20 bits per heavy atom. The van der Waals surface area contributed by atoms with E-state index in [0.29, 0.717) is 0 Å². The molecule has 0 amide bonds. The lowest BCUT2D eigenvalue weighted by molar-refractivity contribution is 0.543. The molecule has 0 aliphatic rings. The van der Waals surface area contributed by atoms with Gasteiger partial charge in [-0.25, -0.2) is 9.97 Å². The van der Waals surface area contributed by atoms with Crippen LogP contribution < -0.4 is 0 Å². The number of fused-ring (bicyclic) bond motifs is 1. The van der Waals surface area contributed by atoms with Crippen LogP contribution in [0.15, 0.2) is 23.2 Å². The lowest BCUT2D eigenvalue weighted by Crippen LogP contribution is -1.75. The number of halogens is 1. The third kappa shape index (κ3) is 0.792. The van der Waals surface area contributed by atoms with Crippen LogP contribution in [-0.2, 0) is 0 Å². The van der Waals surface area contributed by atoms with Gasteiger partial charge in [-0.1, -0.05) is 0 Å². The predicted molar refractivity (Wildman–Crippen MR) is 44.5 cm³/mol. The van der Waals surface area contributed by atoms with Crippen molar-refractivity contribution < 1.29 is 4.42 Å². The first-order valence-electron chi connectivity index (χ1n) is 2.70. The molecule has 0 saturated heterocycles. The molecule has 2 heterocycles. The number of hydrogen-bond acceptors (Lipinski definition) is 3. The number of nitrogens with zero attached hydrogens (tertiary/aromatic N) is 2. The van der Waals surface area contributed by atoms with Crippen LogP contribution >= 0.6 is 22.6 Å². The van der Waals surface area contributed by atoms with Gasteiger partial charge in [-0.2, -0.15) is 0 Å². The van der Waals surface area contributed by atoms with Gasteiger partial charge in [0.05, 0.1) is 5.39 Å².